The molecule has 0 aliphatic carbocycles. The van der Waals surface area contributed by atoms with Crippen molar-refractivity contribution in [3.05, 3.63) is 35.9 Å². The molecule has 1 aliphatic rings. The van der Waals surface area contributed by atoms with Crippen molar-refractivity contribution in [1.82, 2.24) is 15.0 Å². The molecule has 0 bridgehead atoms. The third kappa shape index (κ3) is 3.44. The van der Waals surface area contributed by atoms with E-state index in [4.69, 9.17) is 4.52 Å². The van der Waals surface area contributed by atoms with Gasteiger partial charge in [0.2, 0.25) is 0 Å². The highest BCUT2D eigenvalue weighted by atomic mass is 16.5. The zero-order valence-corrected chi connectivity index (χ0v) is 12.7. The Kier molecular flexibility index (Phi) is 4.37. The molecule has 0 radical (unpaired) electrons. The molecule has 116 valence electrons. The van der Waals surface area contributed by atoms with Crippen molar-refractivity contribution >= 4 is 17.4 Å². The van der Waals surface area contributed by atoms with E-state index in [2.05, 4.69) is 15.5 Å². The van der Waals surface area contributed by atoms with Crippen LogP contribution >= 0.6 is 0 Å². The van der Waals surface area contributed by atoms with Crippen LogP contribution in [0.4, 0.5) is 11.5 Å². The standard InChI is InChI=1S/C16H20N4O2/c1-12-8-15(19-22-12)18-14-9-13(10-17-11-14)16(21)20-6-4-2-3-5-7-20/h8-11H,2-7H2,1H3,(H,18,19). The Labute approximate surface area is 129 Å². The smallest absolute Gasteiger partial charge is 0.255 e. The number of aromatic nitrogens is 2. The predicted molar refractivity (Wildman–Crippen MR) is 83.1 cm³/mol. The Hall–Kier alpha value is -2.37. The Morgan fingerprint density at radius 2 is 1.95 bits per heavy atom. The van der Waals surface area contributed by atoms with Gasteiger partial charge in [-0.1, -0.05) is 18.0 Å². The van der Waals surface area contributed by atoms with Crippen LogP contribution in [0.3, 0.4) is 0 Å². The fourth-order valence-corrected chi connectivity index (χ4v) is 2.65. The van der Waals surface area contributed by atoms with E-state index in [1.54, 1.807) is 18.5 Å². The second-order valence-electron chi connectivity index (χ2n) is 5.62. The number of amides is 1. The van der Waals surface area contributed by atoms with Crippen molar-refractivity contribution in [1.29, 1.82) is 0 Å². The van der Waals surface area contributed by atoms with Crippen molar-refractivity contribution in [2.24, 2.45) is 0 Å². The Morgan fingerprint density at radius 1 is 1.18 bits per heavy atom. The van der Waals surface area contributed by atoms with Gasteiger partial charge in [0.1, 0.15) is 5.76 Å². The fourth-order valence-electron chi connectivity index (χ4n) is 2.65. The normalized spacial score (nSPS) is 15.4. The average molecular weight is 300 g/mol. The number of hydrogen-bond acceptors (Lipinski definition) is 5. The maximum absolute atomic E-state index is 12.6. The first kappa shape index (κ1) is 14.6. The zero-order chi connectivity index (χ0) is 15.4. The summed E-state index contributed by atoms with van der Waals surface area (Å²) in [5.74, 6) is 1.39. The highest BCUT2D eigenvalue weighted by Crippen LogP contribution is 2.18. The van der Waals surface area contributed by atoms with Gasteiger partial charge >= 0.3 is 0 Å². The molecule has 1 aliphatic heterocycles. The molecule has 1 N–H and O–H groups in total. The zero-order valence-electron chi connectivity index (χ0n) is 12.7. The highest BCUT2D eigenvalue weighted by Gasteiger charge is 2.18. The molecule has 0 saturated carbocycles. The average Bonchev–Trinajstić information content (AvgIpc) is 2.78. The topological polar surface area (TPSA) is 71.3 Å². The first-order valence-electron chi connectivity index (χ1n) is 7.67. The summed E-state index contributed by atoms with van der Waals surface area (Å²) in [6.07, 6.45) is 7.85. The van der Waals surface area contributed by atoms with E-state index in [9.17, 15) is 4.79 Å². The molecule has 0 atom stereocenters. The van der Waals surface area contributed by atoms with E-state index in [1.807, 2.05) is 17.9 Å². The quantitative estimate of drug-likeness (QED) is 0.943. The fraction of sp³-hybridized carbons (Fsp3) is 0.438. The van der Waals surface area contributed by atoms with E-state index in [0.717, 1.165) is 37.4 Å². The molecule has 2 aromatic rings. The maximum atomic E-state index is 12.6. The number of likely N-dealkylation sites (tertiary alicyclic amines) is 1. The summed E-state index contributed by atoms with van der Waals surface area (Å²) < 4.78 is 5.02. The molecule has 6 nitrogen and oxygen atoms in total. The van der Waals surface area contributed by atoms with Crippen LogP contribution in [-0.2, 0) is 0 Å². The Morgan fingerprint density at radius 3 is 2.64 bits per heavy atom. The number of aryl methyl sites for hydroxylation is 1. The third-order valence-corrected chi connectivity index (χ3v) is 3.78. The van der Waals surface area contributed by atoms with E-state index >= 15 is 0 Å². The largest absolute Gasteiger partial charge is 0.360 e. The number of pyridine rings is 1. The minimum atomic E-state index is 0.0504. The maximum Gasteiger partial charge on any atom is 0.255 e. The molecule has 3 rings (SSSR count). The third-order valence-electron chi connectivity index (χ3n) is 3.78. The molecule has 0 unspecified atom stereocenters. The molecular formula is C16H20N4O2. The molecule has 0 spiro atoms. The molecule has 1 saturated heterocycles. The summed E-state index contributed by atoms with van der Waals surface area (Å²) in [4.78, 5) is 18.7. The van der Waals surface area contributed by atoms with Gasteiger partial charge in [0.25, 0.3) is 5.91 Å². The van der Waals surface area contributed by atoms with Gasteiger partial charge in [-0.2, -0.15) is 0 Å². The molecule has 1 amide bonds. The molecular weight excluding hydrogens is 280 g/mol. The summed E-state index contributed by atoms with van der Waals surface area (Å²) in [5, 5.41) is 6.98. The minimum absolute atomic E-state index is 0.0504. The van der Waals surface area contributed by atoms with Crippen LogP contribution < -0.4 is 5.32 Å². The second-order valence-corrected chi connectivity index (χ2v) is 5.62. The SMILES string of the molecule is Cc1cc(Nc2cncc(C(=O)N3CCCCCC3)c2)no1. The molecule has 6 heteroatoms. The van der Waals surface area contributed by atoms with Gasteiger partial charge < -0.3 is 14.7 Å². The van der Waals surface area contributed by atoms with Crippen LogP contribution in [-0.4, -0.2) is 34.0 Å². The summed E-state index contributed by atoms with van der Waals surface area (Å²) in [7, 11) is 0. The number of nitrogens with one attached hydrogen (secondary N) is 1. The van der Waals surface area contributed by atoms with E-state index < -0.39 is 0 Å². The van der Waals surface area contributed by atoms with Gasteiger partial charge in [-0.25, -0.2) is 0 Å². The summed E-state index contributed by atoms with van der Waals surface area (Å²) >= 11 is 0. The van der Waals surface area contributed by atoms with Crippen LogP contribution in [0.25, 0.3) is 0 Å². The molecule has 22 heavy (non-hydrogen) atoms. The highest BCUT2D eigenvalue weighted by molar-refractivity contribution is 5.94. The number of anilines is 2. The first-order valence-corrected chi connectivity index (χ1v) is 7.67. The van der Waals surface area contributed by atoms with Crippen LogP contribution in [0.1, 0.15) is 41.8 Å². The number of nitrogens with zero attached hydrogens (tertiary/aromatic N) is 3. The van der Waals surface area contributed by atoms with E-state index in [1.165, 1.54) is 12.8 Å². The van der Waals surface area contributed by atoms with E-state index in [-0.39, 0.29) is 5.91 Å². The summed E-state index contributed by atoms with van der Waals surface area (Å²) in [5.41, 5.74) is 1.33. The number of rotatable bonds is 3. The molecule has 1 fully saturated rings. The van der Waals surface area contributed by atoms with E-state index in [0.29, 0.717) is 11.4 Å². The summed E-state index contributed by atoms with van der Waals surface area (Å²) in [6, 6.07) is 3.60. The monoisotopic (exact) mass is 300 g/mol. The van der Waals surface area contributed by atoms with Gasteiger partial charge in [0.15, 0.2) is 5.82 Å². The second kappa shape index (κ2) is 6.60. The summed E-state index contributed by atoms with van der Waals surface area (Å²) in [6.45, 7) is 3.49. The van der Waals surface area contributed by atoms with Gasteiger partial charge in [0.05, 0.1) is 17.4 Å². The van der Waals surface area contributed by atoms with Gasteiger partial charge in [0, 0.05) is 25.4 Å². The van der Waals surface area contributed by atoms with Crippen LogP contribution in [0.2, 0.25) is 0 Å². The minimum Gasteiger partial charge on any atom is -0.360 e. The molecule has 0 aromatic carbocycles. The van der Waals surface area contributed by atoms with Crippen molar-refractivity contribution in [3.8, 4) is 0 Å². The van der Waals surface area contributed by atoms with Crippen molar-refractivity contribution in [3.63, 3.8) is 0 Å². The van der Waals surface area contributed by atoms with Crippen LogP contribution in [0.15, 0.2) is 29.0 Å². The lowest BCUT2D eigenvalue weighted by atomic mass is 10.2. The van der Waals surface area contributed by atoms with Crippen molar-refractivity contribution in [2.45, 2.75) is 32.6 Å². The van der Waals surface area contributed by atoms with Gasteiger partial charge in [-0.15, -0.1) is 0 Å². The first-order chi connectivity index (χ1) is 10.7. The van der Waals surface area contributed by atoms with Crippen molar-refractivity contribution in [2.75, 3.05) is 18.4 Å². The number of carbonyl (C=O) groups excluding carboxylic acids is 1. The molecule has 2 aromatic heterocycles. The van der Waals surface area contributed by atoms with Crippen LogP contribution in [0.5, 0.6) is 0 Å². The Balaban J connectivity index is 1.73. The lowest BCUT2D eigenvalue weighted by Gasteiger charge is -2.20. The number of hydrogen-bond donors (Lipinski definition) is 1. The Bertz CT molecular complexity index is 645. The molecule has 3 heterocycles. The lowest BCUT2D eigenvalue weighted by Crippen LogP contribution is -2.31. The van der Waals surface area contributed by atoms with Gasteiger partial charge in [-0.3, -0.25) is 9.78 Å². The number of carbonyl (C=O) groups is 1. The van der Waals surface area contributed by atoms with Crippen molar-refractivity contribution < 1.29 is 9.32 Å². The predicted octanol–water partition coefficient (Wildman–Crippen LogP) is 3.14. The van der Waals surface area contributed by atoms with Crippen LogP contribution in [0, 0.1) is 6.92 Å². The van der Waals surface area contributed by atoms with Gasteiger partial charge in [-0.05, 0) is 25.8 Å². The lowest BCUT2D eigenvalue weighted by molar-refractivity contribution is 0.0761.